The van der Waals surface area contributed by atoms with Gasteiger partial charge in [-0.25, -0.2) is 0 Å². The molecule has 0 bridgehead atoms. The van der Waals surface area contributed by atoms with E-state index in [1.54, 1.807) is 6.92 Å². The highest BCUT2D eigenvalue weighted by Gasteiger charge is 2.17. The van der Waals surface area contributed by atoms with Crippen molar-refractivity contribution in [2.24, 2.45) is 0 Å². The SMILES string of the molecule is COCCN(CC(=O)O)C(=O)CCc1nc(C)no1. The third kappa shape index (κ3) is 5.47. The van der Waals surface area contributed by atoms with E-state index in [2.05, 4.69) is 10.1 Å². The molecule has 1 N–H and O–H groups in total. The van der Waals surface area contributed by atoms with Gasteiger partial charge in [0.15, 0.2) is 5.82 Å². The average molecular weight is 271 g/mol. The second-order valence-corrected chi connectivity index (χ2v) is 3.94. The van der Waals surface area contributed by atoms with Crippen molar-refractivity contribution in [2.45, 2.75) is 19.8 Å². The molecule has 8 heteroatoms. The van der Waals surface area contributed by atoms with E-state index in [1.807, 2.05) is 0 Å². The Bertz CT molecular complexity index is 432. The molecule has 0 atom stereocenters. The van der Waals surface area contributed by atoms with Crippen LogP contribution in [0.15, 0.2) is 4.52 Å². The normalized spacial score (nSPS) is 10.4. The summed E-state index contributed by atoms with van der Waals surface area (Å²) in [5, 5.41) is 12.4. The predicted octanol–water partition coefficient (Wildman–Crippen LogP) is -0.130. The van der Waals surface area contributed by atoms with Gasteiger partial charge in [0.05, 0.1) is 6.61 Å². The number of amides is 1. The molecule has 8 nitrogen and oxygen atoms in total. The first-order valence-electron chi connectivity index (χ1n) is 5.80. The summed E-state index contributed by atoms with van der Waals surface area (Å²) in [6.07, 6.45) is 0.418. The molecule has 0 radical (unpaired) electrons. The fourth-order valence-electron chi connectivity index (χ4n) is 1.47. The largest absolute Gasteiger partial charge is 0.480 e. The summed E-state index contributed by atoms with van der Waals surface area (Å²) < 4.78 is 9.73. The number of methoxy groups -OCH3 is 1. The lowest BCUT2D eigenvalue weighted by Crippen LogP contribution is -2.38. The van der Waals surface area contributed by atoms with Crippen molar-refractivity contribution in [3.8, 4) is 0 Å². The fourth-order valence-corrected chi connectivity index (χ4v) is 1.47. The van der Waals surface area contributed by atoms with E-state index in [1.165, 1.54) is 12.0 Å². The van der Waals surface area contributed by atoms with Gasteiger partial charge in [-0.05, 0) is 6.92 Å². The summed E-state index contributed by atoms with van der Waals surface area (Å²) in [7, 11) is 1.49. The van der Waals surface area contributed by atoms with Gasteiger partial charge in [-0.15, -0.1) is 0 Å². The highest BCUT2D eigenvalue weighted by atomic mass is 16.5. The summed E-state index contributed by atoms with van der Waals surface area (Å²) in [6.45, 7) is 1.87. The molecule has 0 unspecified atom stereocenters. The Labute approximate surface area is 110 Å². The highest BCUT2D eigenvalue weighted by molar-refractivity contribution is 5.81. The number of rotatable bonds is 8. The van der Waals surface area contributed by atoms with E-state index < -0.39 is 5.97 Å². The third-order valence-electron chi connectivity index (χ3n) is 2.37. The number of aryl methyl sites for hydroxylation is 2. The summed E-state index contributed by atoms with van der Waals surface area (Å²) in [5.41, 5.74) is 0. The second kappa shape index (κ2) is 7.47. The summed E-state index contributed by atoms with van der Waals surface area (Å²) in [5.74, 6) is -0.467. The number of nitrogens with zero attached hydrogens (tertiary/aromatic N) is 3. The zero-order valence-electron chi connectivity index (χ0n) is 11.0. The number of aliphatic carboxylic acids is 1. The third-order valence-corrected chi connectivity index (χ3v) is 2.37. The molecule has 1 aromatic rings. The van der Waals surface area contributed by atoms with Crippen LogP contribution in [0.2, 0.25) is 0 Å². The molecule has 0 aliphatic heterocycles. The van der Waals surface area contributed by atoms with Crippen LogP contribution in [0.3, 0.4) is 0 Å². The molecule has 0 saturated heterocycles. The van der Waals surface area contributed by atoms with E-state index >= 15 is 0 Å². The first kappa shape index (κ1) is 15.1. The van der Waals surface area contributed by atoms with Gasteiger partial charge >= 0.3 is 5.97 Å². The molecule has 0 saturated carbocycles. The maximum atomic E-state index is 11.9. The molecule has 0 spiro atoms. The lowest BCUT2D eigenvalue weighted by Gasteiger charge is -2.19. The van der Waals surface area contributed by atoms with Gasteiger partial charge < -0.3 is 19.3 Å². The number of hydrogen-bond donors (Lipinski definition) is 1. The zero-order valence-corrected chi connectivity index (χ0v) is 11.0. The topological polar surface area (TPSA) is 106 Å². The summed E-state index contributed by atoms with van der Waals surface area (Å²) >= 11 is 0. The van der Waals surface area contributed by atoms with Crippen molar-refractivity contribution in [3.05, 3.63) is 11.7 Å². The van der Waals surface area contributed by atoms with Crippen molar-refractivity contribution < 1.29 is 24.0 Å². The van der Waals surface area contributed by atoms with E-state index in [0.29, 0.717) is 24.7 Å². The van der Waals surface area contributed by atoms with Crippen LogP contribution in [0.4, 0.5) is 0 Å². The Morgan fingerprint density at radius 2 is 2.21 bits per heavy atom. The van der Waals surface area contributed by atoms with Gasteiger partial charge in [0.2, 0.25) is 11.8 Å². The second-order valence-electron chi connectivity index (χ2n) is 3.94. The Balaban J connectivity index is 2.48. The van der Waals surface area contributed by atoms with Crippen molar-refractivity contribution >= 4 is 11.9 Å². The minimum Gasteiger partial charge on any atom is -0.480 e. The van der Waals surface area contributed by atoms with Crippen LogP contribution in [0.5, 0.6) is 0 Å². The Hall–Kier alpha value is -1.96. The summed E-state index contributed by atoms with van der Waals surface area (Å²) in [6, 6.07) is 0. The molecule has 1 amide bonds. The van der Waals surface area contributed by atoms with Gasteiger partial charge in [0, 0.05) is 26.5 Å². The monoisotopic (exact) mass is 271 g/mol. The predicted molar refractivity (Wildman–Crippen MR) is 63.4 cm³/mol. The van der Waals surface area contributed by atoms with Gasteiger partial charge in [-0.3, -0.25) is 9.59 Å². The number of carboxylic acid groups (broad SMARTS) is 1. The number of hydrogen-bond acceptors (Lipinski definition) is 6. The van der Waals surface area contributed by atoms with Gasteiger partial charge in [-0.2, -0.15) is 4.98 Å². The first-order chi connectivity index (χ1) is 9.02. The molecule has 106 valence electrons. The number of aromatic nitrogens is 2. The van der Waals surface area contributed by atoms with E-state index in [0.717, 1.165) is 0 Å². The lowest BCUT2D eigenvalue weighted by molar-refractivity contribution is -0.144. The van der Waals surface area contributed by atoms with Crippen molar-refractivity contribution in [1.29, 1.82) is 0 Å². The average Bonchev–Trinajstić information content (AvgIpc) is 2.77. The molecule has 1 aromatic heterocycles. The minimum atomic E-state index is -1.06. The number of carbonyl (C=O) groups is 2. The van der Waals surface area contributed by atoms with Crippen molar-refractivity contribution in [1.82, 2.24) is 15.0 Å². The van der Waals surface area contributed by atoms with Gasteiger partial charge in [-0.1, -0.05) is 5.16 Å². The van der Waals surface area contributed by atoms with Crippen molar-refractivity contribution in [2.75, 3.05) is 26.8 Å². The molecule has 0 fully saturated rings. The fraction of sp³-hybridized carbons (Fsp3) is 0.636. The Morgan fingerprint density at radius 1 is 1.47 bits per heavy atom. The van der Waals surface area contributed by atoms with Gasteiger partial charge in [0.1, 0.15) is 6.54 Å². The van der Waals surface area contributed by atoms with Crippen LogP contribution in [0.25, 0.3) is 0 Å². The Kier molecular flexibility index (Phi) is 5.94. The first-order valence-corrected chi connectivity index (χ1v) is 5.80. The maximum absolute atomic E-state index is 11.9. The zero-order chi connectivity index (χ0) is 14.3. The standard InChI is InChI=1S/C11H17N3O5/c1-8-12-9(19-13-8)3-4-10(15)14(5-6-18-2)7-11(16)17/h3-7H2,1-2H3,(H,16,17). The number of carboxylic acids is 1. The number of ether oxygens (including phenoxy) is 1. The Morgan fingerprint density at radius 3 is 2.74 bits per heavy atom. The van der Waals surface area contributed by atoms with E-state index in [9.17, 15) is 9.59 Å². The van der Waals surface area contributed by atoms with E-state index in [-0.39, 0.29) is 25.4 Å². The molecular formula is C11H17N3O5. The molecule has 19 heavy (non-hydrogen) atoms. The number of carbonyl (C=O) groups excluding carboxylic acids is 1. The lowest BCUT2D eigenvalue weighted by atomic mass is 10.2. The van der Waals surface area contributed by atoms with Crippen LogP contribution in [0, 0.1) is 6.92 Å². The maximum Gasteiger partial charge on any atom is 0.323 e. The molecule has 1 heterocycles. The van der Waals surface area contributed by atoms with Crippen LogP contribution >= 0.6 is 0 Å². The molecule has 0 aromatic carbocycles. The minimum absolute atomic E-state index is 0.124. The molecule has 0 aliphatic rings. The van der Waals surface area contributed by atoms with Crippen LogP contribution in [-0.4, -0.2) is 58.8 Å². The van der Waals surface area contributed by atoms with Crippen molar-refractivity contribution in [3.63, 3.8) is 0 Å². The quantitative estimate of drug-likeness (QED) is 0.702. The molecule has 0 aliphatic carbocycles. The highest BCUT2D eigenvalue weighted by Crippen LogP contribution is 2.03. The summed E-state index contributed by atoms with van der Waals surface area (Å²) in [4.78, 5) is 27.8. The van der Waals surface area contributed by atoms with E-state index in [4.69, 9.17) is 14.4 Å². The molecular weight excluding hydrogens is 254 g/mol. The smallest absolute Gasteiger partial charge is 0.323 e. The van der Waals surface area contributed by atoms with Gasteiger partial charge in [0.25, 0.3) is 0 Å². The molecule has 1 rings (SSSR count). The van der Waals surface area contributed by atoms with Crippen LogP contribution < -0.4 is 0 Å². The van der Waals surface area contributed by atoms with Crippen LogP contribution in [0.1, 0.15) is 18.1 Å². The van der Waals surface area contributed by atoms with Crippen LogP contribution in [-0.2, 0) is 20.7 Å².